The van der Waals surface area contributed by atoms with E-state index in [1.807, 2.05) is 32.3 Å². The number of hydrogen-bond donors (Lipinski definition) is 0. The molecule has 1 aromatic rings. The zero-order chi connectivity index (χ0) is 13.9. The summed E-state index contributed by atoms with van der Waals surface area (Å²) in [6.07, 6.45) is 5.81. The van der Waals surface area contributed by atoms with Gasteiger partial charge in [0.1, 0.15) is 5.75 Å². The maximum Gasteiger partial charge on any atom is 0.119 e. The van der Waals surface area contributed by atoms with Crippen LogP contribution in [0.2, 0.25) is 0 Å². The highest BCUT2D eigenvalue weighted by Gasteiger charge is 2.35. The number of fused-ring (bicyclic) bond motifs is 1. The van der Waals surface area contributed by atoms with Crippen LogP contribution in [0.5, 0.6) is 5.75 Å². The summed E-state index contributed by atoms with van der Waals surface area (Å²) in [6, 6.07) is 8.54. The second-order valence-electron chi connectivity index (χ2n) is 5.31. The van der Waals surface area contributed by atoms with E-state index in [1.54, 1.807) is 7.11 Å². The van der Waals surface area contributed by atoms with Crippen LogP contribution in [0.3, 0.4) is 0 Å². The molecule has 0 heterocycles. The smallest absolute Gasteiger partial charge is 0.119 e. The number of methoxy groups -OCH3 is 1. The van der Waals surface area contributed by atoms with E-state index in [0.717, 1.165) is 36.3 Å². The topological polar surface area (TPSA) is 36.3 Å². The highest BCUT2D eigenvalue weighted by molar-refractivity contribution is 5.62. The van der Waals surface area contributed by atoms with Crippen molar-refractivity contribution < 1.29 is 4.74 Å². The standard InChI is InChI=1S/C16H20N2O/c1-18(2)10-9-16(12-17)8-4-5-13-6-7-14(19-3)11-15(13)16/h4-7,11H,8-10H2,1-3H3. The Morgan fingerprint density at radius 1 is 1.42 bits per heavy atom. The lowest BCUT2D eigenvalue weighted by Crippen LogP contribution is -2.31. The van der Waals surface area contributed by atoms with Gasteiger partial charge in [0.25, 0.3) is 0 Å². The molecular formula is C16H20N2O. The Hall–Kier alpha value is -1.79. The molecule has 0 aliphatic heterocycles. The van der Waals surface area contributed by atoms with Crippen LogP contribution in [-0.4, -0.2) is 32.6 Å². The van der Waals surface area contributed by atoms with Gasteiger partial charge in [-0.2, -0.15) is 5.26 Å². The SMILES string of the molecule is COc1ccc2c(c1)C(C#N)(CCN(C)C)CC=C2. The van der Waals surface area contributed by atoms with Crippen molar-refractivity contribution in [2.75, 3.05) is 27.7 Å². The van der Waals surface area contributed by atoms with Gasteiger partial charge in [-0.25, -0.2) is 0 Å². The molecule has 0 aromatic heterocycles. The van der Waals surface area contributed by atoms with Crippen LogP contribution < -0.4 is 4.74 Å². The lowest BCUT2D eigenvalue weighted by Gasteiger charge is -2.31. The van der Waals surface area contributed by atoms with Crippen LogP contribution in [0.25, 0.3) is 6.08 Å². The quantitative estimate of drug-likeness (QED) is 0.831. The fraction of sp³-hybridized carbons (Fsp3) is 0.438. The maximum absolute atomic E-state index is 9.72. The summed E-state index contributed by atoms with van der Waals surface area (Å²) in [5.41, 5.74) is 1.80. The molecule has 0 fully saturated rings. The number of nitriles is 1. The Morgan fingerprint density at radius 2 is 2.21 bits per heavy atom. The third kappa shape index (κ3) is 2.64. The average molecular weight is 256 g/mol. The van der Waals surface area contributed by atoms with Gasteiger partial charge in [-0.1, -0.05) is 18.2 Å². The fourth-order valence-electron chi connectivity index (χ4n) is 2.53. The van der Waals surface area contributed by atoms with E-state index in [2.05, 4.69) is 23.1 Å². The largest absolute Gasteiger partial charge is 0.497 e. The van der Waals surface area contributed by atoms with E-state index in [1.165, 1.54) is 0 Å². The van der Waals surface area contributed by atoms with Gasteiger partial charge >= 0.3 is 0 Å². The van der Waals surface area contributed by atoms with Gasteiger partial charge in [0.15, 0.2) is 0 Å². The molecule has 3 nitrogen and oxygen atoms in total. The van der Waals surface area contributed by atoms with Gasteiger partial charge in [-0.3, -0.25) is 0 Å². The minimum atomic E-state index is -0.428. The number of benzene rings is 1. The Kier molecular flexibility index (Phi) is 3.92. The van der Waals surface area contributed by atoms with E-state index in [9.17, 15) is 5.26 Å². The summed E-state index contributed by atoms with van der Waals surface area (Å²) in [4.78, 5) is 2.12. The number of hydrogen-bond acceptors (Lipinski definition) is 3. The first kappa shape index (κ1) is 13.6. The number of allylic oxidation sites excluding steroid dienone is 1. The van der Waals surface area contributed by atoms with E-state index < -0.39 is 5.41 Å². The molecule has 19 heavy (non-hydrogen) atoms. The van der Waals surface area contributed by atoms with Crippen molar-refractivity contribution >= 4 is 6.08 Å². The Labute approximate surface area is 115 Å². The molecular weight excluding hydrogens is 236 g/mol. The van der Waals surface area contributed by atoms with Crippen molar-refractivity contribution in [2.45, 2.75) is 18.3 Å². The Morgan fingerprint density at radius 3 is 2.84 bits per heavy atom. The van der Waals surface area contributed by atoms with E-state index in [4.69, 9.17) is 4.74 Å². The van der Waals surface area contributed by atoms with Crippen LogP contribution in [0, 0.1) is 11.3 Å². The lowest BCUT2D eigenvalue weighted by atomic mass is 9.71. The molecule has 3 heteroatoms. The van der Waals surface area contributed by atoms with E-state index >= 15 is 0 Å². The molecule has 1 aromatic carbocycles. The molecule has 1 aliphatic carbocycles. The highest BCUT2D eigenvalue weighted by atomic mass is 16.5. The van der Waals surface area contributed by atoms with Gasteiger partial charge in [0, 0.05) is 0 Å². The van der Waals surface area contributed by atoms with E-state index in [-0.39, 0.29) is 0 Å². The molecule has 0 amide bonds. The molecule has 0 saturated heterocycles. The fourth-order valence-corrected chi connectivity index (χ4v) is 2.53. The first-order valence-corrected chi connectivity index (χ1v) is 6.52. The Balaban J connectivity index is 2.43. The zero-order valence-electron chi connectivity index (χ0n) is 11.8. The second-order valence-corrected chi connectivity index (χ2v) is 5.31. The van der Waals surface area contributed by atoms with Gasteiger partial charge in [0.2, 0.25) is 0 Å². The number of nitrogens with zero attached hydrogens (tertiary/aromatic N) is 2. The molecule has 2 rings (SSSR count). The van der Waals surface area contributed by atoms with Crippen molar-refractivity contribution in [1.29, 1.82) is 5.26 Å². The van der Waals surface area contributed by atoms with Crippen molar-refractivity contribution in [1.82, 2.24) is 4.90 Å². The van der Waals surface area contributed by atoms with Crippen molar-refractivity contribution in [3.05, 3.63) is 35.4 Å². The molecule has 0 N–H and O–H groups in total. The lowest BCUT2D eigenvalue weighted by molar-refractivity contribution is 0.351. The molecule has 100 valence electrons. The third-order valence-corrected chi connectivity index (χ3v) is 3.74. The predicted molar refractivity (Wildman–Crippen MR) is 77.1 cm³/mol. The number of rotatable bonds is 4. The molecule has 0 radical (unpaired) electrons. The van der Waals surface area contributed by atoms with E-state index in [0.29, 0.717) is 0 Å². The van der Waals surface area contributed by atoms with Crippen molar-refractivity contribution in [3.8, 4) is 11.8 Å². The van der Waals surface area contributed by atoms with Crippen molar-refractivity contribution in [3.63, 3.8) is 0 Å². The summed E-state index contributed by atoms with van der Waals surface area (Å²) in [6.45, 7) is 0.901. The zero-order valence-corrected chi connectivity index (χ0v) is 11.8. The van der Waals surface area contributed by atoms with Gasteiger partial charge < -0.3 is 9.64 Å². The van der Waals surface area contributed by atoms with Gasteiger partial charge in [-0.05, 0) is 56.7 Å². The number of ether oxygens (including phenoxy) is 1. The molecule has 0 spiro atoms. The second kappa shape index (κ2) is 5.46. The normalized spacial score (nSPS) is 21.0. The molecule has 1 aliphatic rings. The highest BCUT2D eigenvalue weighted by Crippen LogP contribution is 2.39. The van der Waals surface area contributed by atoms with Crippen LogP contribution in [0.1, 0.15) is 24.0 Å². The minimum Gasteiger partial charge on any atom is -0.497 e. The molecule has 1 unspecified atom stereocenters. The summed E-state index contributed by atoms with van der Waals surface area (Å²) in [5, 5.41) is 9.72. The molecule has 1 atom stereocenters. The van der Waals surface area contributed by atoms with Crippen molar-refractivity contribution in [2.24, 2.45) is 0 Å². The monoisotopic (exact) mass is 256 g/mol. The van der Waals surface area contributed by atoms with Gasteiger partial charge in [0.05, 0.1) is 18.6 Å². The average Bonchev–Trinajstić information content (AvgIpc) is 2.44. The first-order valence-electron chi connectivity index (χ1n) is 6.52. The van der Waals surface area contributed by atoms with Crippen LogP contribution in [0.15, 0.2) is 24.3 Å². The predicted octanol–water partition coefficient (Wildman–Crippen LogP) is 2.83. The summed E-state index contributed by atoms with van der Waals surface area (Å²) in [5.74, 6) is 0.818. The van der Waals surface area contributed by atoms with Crippen LogP contribution in [0.4, 0.5) is 0 Å². The van der Waals surface area contributed by atoms with Crippen LogP contribution in [-0.2, 0) is 5.41 Å². The van der Waals surface area contributed by atoms with Gasteiger partial charge in [-0.15, -0.1) is 0 Å². The summed E-state index contributed by atoms with van der Waals surface area (Å²) in [7, 11) is 5.74. The van der Waals surface area contributed by atoms with Crippen LogP contribution >= 0.6 is 0 Å². The minimum absolute atomic E-state index is 0.428. The summed E-state index contributed by atoms with van der Waals surface area (Å²) >= 11 is 0. The first-order chi connectivity index (χ1) is 9.11. The maximum atomic E-state index is 9.72. The Bertz CT molecular complexity index is 528. The molecule has 0 saturated carbocycles. The summed E-state index contributed by atoms with van der Waals surface area (Å²) < 4.78 is 5.30. The third-order valence-electron chi connectivity index (χ3n) is 3.74. The molecule has 0 bridgehead atoms.